The van der Waals surface area contributed by atoms with Crippen molar-refractivity contribution >= 4 is 11.8 Å². The molecule has 2 amide bonds. The van der Waals surface area contributed by atoms with Crippen LogP contribution >= 0.6 is 0 Å². The molecule has 0 spiro atoms. The van der Waals surface area contributed by atoms with E-state index in [1.807, 2.05) is 76.2 Å². The van der Waals surface area contributed by atoms with Crippen LogP contribution < -0.4 is 10.1 Å². The van der Waals surface area contributed by atoms with E-state index >= 15 is 0 Å². The summed E-state index contributed by atoms with van der Waals surface area (Å²) in [6, 6.07) is 15.2. The summed E-state index contributed by atoms with van der Waals surface area (Å²) in [6.45, 7) is 10.2. The average Bonchev–Trinajstić information content (AvgIpc) is 2.75. The number of hydrogen-bond acceptors (Lipinski definition) is 3. The number of rotatable bonds is 10. The van der Waals surface area contributed by atoms with Crippen molar-refractivity contribution in [1.29, 1.82) is 0 Å². The number of aryl methyl sites for hydroxylation is 2. The summed E-state index contributed by atoms with van der Waals surface area (Å²) in [6.07, 6.45) is 1.52. The zero-order valence-corrected chi connectivity index (χ0v) is 18.8. The molecule has 0 unspecified atom stereocenters. The maximum absolute atomic E-state index is 13.0. The van der Waals surface area contributed by atoms with Crippen molar-refractivity contribution < 1.29 is 14.3 Å². The lowest BCUT2D eigenvalue weighted by Crippen LogP contribution is -2.51. The minimum Gasteiger partial charge on any atom is -0.484 e. The first-order chi connectivity index (χ1) is 14.3. The largest absolute Gasteiger partial charge is 0.484 e. The first-order valence-electron chi connectivity index (χ1n) is 10.7. The maximum atomic E-state index is 13.0. The lowest BCUT2D eigenvalue weighted by molar-refractivity contribution is -0.141. The van der Waals surface area contributed by atoms with Gasteiger partial charge in [0.05, 0.1) is 0 Å². The maximum Gasteiger partial charge on any atom is 0.261 e. The molecule has 0 bridgehead atoms. The number of nitrogens with zero attached hydrogens (tertiary/aromatic N) is 1. The number of hydrogen-bond donors (Lipinski definition) is 1. The lowest BCUT2D eigenvalue weighted by atomic mass is 10.1. The van der Waals surface area contributed by atoms with Crippen LogP contribution in [-0.2, 0) is 16.0 Å². The highest BCUT2D eigenvalue weighted by molar-refractivity contribution is 5.88. The second-order valence-electron chi connectivity index (χ2n) is 7.85. The van der Waals surface area contributed by atoms with Crippen LogP contribution in [0.25, 0.3) is 0 Å². The molecule has 0 aliphatic carbocycles. The Balaban J connectivity index is 2.08. The quantitative estimate of drug-likeness (QED) is 0.643. The summed E-state index contributed by atoms with van der Waals surface area (Å²) in [5.41, 5.74) is 3.41. The Morgan fingerprint density at radius 2 is 1.73 bits per heavy atom. The molecule has 2 aromatic rings. The van der Waals surface area contributed by atoms with Crippen LogP contribution in [0.4, 0.5) is 0 Å². The van der Waals surface area contributed by atoms with Crippen LogP contribution in [0.3, 0.4) is 0 Å². The topological polar surface area (TPSA) is 58.6 Å². The van der Waals surface area contributed by atoms with Gasteiger partial charge in [0.15, 0.2) is 6.61 Å². The van der Waals surface area contributed by atoms with Crippen molar-refractivity contribution in [2.24, 2.45) is 0 Å². The van der Waals surface area contributed by atoms with E-state index < -0.39 is 6.04 Å². The number of ether oxygens (including phenoxy) is 1. The second kappa shape index (κ2) is 11.4. The molecule has 0 aliphatic rings. The summed E-state index contributed by atoms with van der Waals surface area (Å²) < 4.78 is 5.75. The van der Waals surface area contributed by atoms with Crippen LogP contribution in [0.1, 0.15) is 43.9 Å². The van der Waals surface area contributed by atoms with Crippen molar-refractivity contribution in [3.8, 4) is 5.75 Å². The van der Waals surface area contributed by atoms with Crippen LogP contribution in [0.5, 0.6) is 5.75 Å². The van der Waals surface area contributed by atoms with Crippen LogP contribution in [-0.4, -0.2) is 41.9 Å². The van der Waals surface area contributed by atoms with Gasteiger partial charge in [0.1, 0.15) is 11.8 Å². The highest BCUT2D eigenvalue weighted by Gasteiger charge is 2.26. The molecule has 30 heavy (non-hydrogen) atoms. The molecule has 2 aromatic carbocycles. The molecule has 2 rings (SSSR count). The van der Waals surface area contributed by atoms with Gasteiger partial charge in [-0.05, 0) is 69.4 Å². The van der Waals surface area contributed by atoms with Gasteiger partial charge in [-0.2, -0.15) is 0 Å². The highest BCUT2D eigenvalue weighted by atomic mass is 16.5. The van der Waals surface area contributed by atoms with Crippen LogP contribution in [0.15, 0.2) is 48.5 Å². The number of carbonyl (C=O) groups is 2. The summed E-state index contributed by atoms with van der Waals surface area (Å²) >= 11 is 0. The first kappa shape index (κ1) is 23.5. The Bertz CT molecular complexity index is 836. The van der Waals surface area contributed by atoms with Crippen LogP contribution in [0, 0.1) is 13.8 Å². The SMILES string of the molecule is CC[C@H](C)NC(=O)[C@@H](C)N(CCc1ccccc1)C(=O)COc1ccc(C)c(C)c1. The Labute approximate surface area is 180 Å². The highest BCUT2D eigenvalue weighted by Crippen LogP contribution is 2.17. The molecule has 0 fully saturated rings. The Kier molecular flexibility index (Phi) is 8.90. The Morgan fingerprint density at radius 3 is 2.37 bits per heavy atom. The molecule has 5 heteroatoms. The minimum atomic E-state index is -0.571. The van der Waals surface area contributed by atoms with Crippen molar-refractivity contribution in [2.75, 3.05) is 13.2 Å². The monoisotopic (exact) mass is 410 g/mol. The number of carbonyl (C=O) groups excluding carboxylic acids is 2. The third-order valence-corrected chi connectivity index (χ3v) is 5.49. The van der Waals surface area contributed by atoms with Gasteiger partial charge in [0.2, 0.25) is 5.91 Å². The summed E-state index contributed by atoms with van der Waals surface area (Å²) in [5, 5.41) is 2.98. The van der Waals surface area contributed by atoms with E-state index in [0.29, 0.717) is 18.7 Å². The van der Waals surface area contributed by atoms with Crippen molar-refractivity contribution in [2.45, 2.75) is 59.5 Å². The lowest BCUT2D eigenvalue weighted by Gasteiger charge is -2.29. The fourth-order valence-corrected chi connectivity index (χ4v) is 3.07. The fourth-order valence-electron chi connectivity index (χ4n) is 3.07. The van der Waals surface area contributed by atoms with E-state index in [1.165, 1.54) is 5.56 Å². The number of nitrogens with one attached hydrogen (secondary N) is 1. The van der Waals surface area contributed by atoms with E-state index in [1.54, 1.807) is 11.8 Å². The Hall–Kier alpha value is -2.82. The second-order valence-corrected chi connectivity index (χ2v) is 7.85. The molecule has 0 aliphatic heterocycles. The van der Waals surface area contributed by atoms with Gasteiger partial charge in [-0.25, -0.2) is 0 Å². The number of benzene rings is 2. The summed E-state index contributed by atoms with van der Waals surface area (Å²) in [4.78, 5) is 27.3. The smallest absolute Gasteiger partial charge is 0.261 e. The average molecular weight is 411 g/mol. The third kappa shape index (κ3) is 6.90. The fraction of sp³-hybridized carbons (Fsp3) is 0.440. The molecule has 1 N–H and O–H groups in total. The third-order valence-electron chi connectivity index (χ3n) is 5.49. The van der Waals surface area contributed by atoms with Crippen molar-refractivity contribution in [1.82, 2.24) is 10.2 Å². The van der Waals surface area contributed by atoms with Gasteiger partial charge in [-0.3, -0.25) is 9.59 Å². The molecule has 2 atom stereocenters. The molecule has 0 aromatic heterocycles. The molecule has 5 nitrogen and oxygen atoms in total. The van der Waals surface area contributed by atoms with Crippen LogP contribution in [0.2, 0.25) is 0 Å². The molecule has 0 saturated carbocycles. The molecule has 162 valence electrons. The van der Waals surface area contributed by atoms with Crippen molar-refractivity contribution in [3.63, 3.8) is 0 Å². The molecule has 0 heterocycles. The van der Waals surface area contributed by atoms with E-state index in [2.05, 4.69) is 5.32 Å². The van der Waals surface area contributed by atoms with Gasteiger partial charge >= 0.3 is 0 Å². The minimum absolute atomic E-state index is 0.0674. The normalized spacial score (nSPS) is 12.7. The first-order valence-corrected chi connectivity index (χ1v) is 10.7. The summed E-state index contributed by atoms with van der Waals surface area (Å²) in [7, 11) is 0. The standard InChI is InChI=1S/C25H34N2O3/c1-6-20(4)26-25(29)21(5)27(15-14-22-10-8-7-9-11-22)24(28)17-30-23-13-12-18(2)19(3)16-23/h7-13,16,20-21H,6,14-15,17H2,1-5H3,(H,26,29)/t20-,21+/m0/s1. The molecule has 0 saturated heterocycles. The van der Waals surface area contributed by atoms with Gasteiger partial charge < -0.3 is 15.0 Å². The number of amides is 2. The molecular weight excluding hydrogens is 376 g/mol. The zero-order valence-electron chi connectivity index (χ0n) is 18.8. The zero-order chi connectivity index (χ0) is 22.1. The van der Waals surface area contributed by atoms with Crippen molar-refractivity contribution in [3.05, 3.63) is 65.2 Å². The predicted octanol–water partition coefficient (Wildman–Crippen LogP) is 4.06. The summed E-state index contributed by atoms with van der Waals surface area (Å²) in [5.74, 6) is 0.319. The van der Waals surface area contributed by atoms with Gasteiger partial charge in [-0.15, -0.1) is 0 Å². The molecule has 0 radical (unpaired) electrons. The van der Waals surface area contributed by atoms with Gasteiger partial charge in [-0.1, -0.05) is 43.3 Å². The van der Waals surface area contributed by atoms with E-state index in [0.717, 1.165) is 17.5 Å². The Morgan fingerprint density at radius 1 is 1.03 bits per heavy atom. The van der Waals surface area contributed by atoms with Gasteiger partial charge in [0.25, 0.3) is 5.91 Å². The van der Waals surface area contributed by atoms with E-state index in [9.17, 15) is 9.59 Å². The molecular formula is C25H34N2O3. The van der Waals surface area contributed by atoms with E-state index in [4.69, 9.17) is 4.74 Å². The predicted molar refractivity (Wildman–Crippen MR) is 121 cm³/mol. The van der Waals surface area contributed by atoms with Gasteiger partial charge in [0, 0.05) is 12.6 Å². The van der Waals surface area contributed by atoms with E-state index in [-0.39, 0.29) is 24.5 Å².